The van der Waals surface area contributed by atoms with Crippen molar-refractivity contribution in [3.63, 3.8) is 0 Å². The third-order valence-electron chi connectivity index (χ3n) is 2.46. The minimum atomic E-state index is -0.0745. The SMILES string of the molecule is CN1Sc2ccccc2-c2[nH][nH]c(=O)c21. The van der Waals surface area contributed by atoms with Crippen molar-refractivity contribution < 1.29 is 0 Å². The molecule has 4 nitrogen and oxygen atoms in total. The molecule has 0 aliphatic carbocycles. The van der Waals surface area contributed by atoms with Gasteiger partial charge in [0.15, 0.2) is 0 Å². The molecule has 76 valence electrons. The Morgan fingerprint density at radius 1 is 1.27 bits per heavy atom. The lowest BCUT2D eigenvalue weighted by Crippen LogP contribution is -2.17. The molecular weight excluding hydrogens is 210 g/mol. The van der Waals surface area contributed by atoms with Crippen LogP contribution in [0, 0.1) is 0 Å². The van der Waals surface area contributed by atoms with Crippen molar-refractivity contribution in [2.24, 2.45) is 0 Å². The minimum Gasteiger partial charge on any atom is -0.308 e. The van der Waals surface area contributed by atoms with Crippen molar-refractivity contribution in [2.45, 2.75) is 4.90 Å². The first kappa shape index (κ1) is 8.67. The highest BCUT2D eigenvalue weighted by Crippen LogP contribution is 2.42. The average Bonchev–Trinajstić information content (AvgIpc) is 2.62. The van der Waals surface area contributed by atoms with Crippen LogP contribution in [0.25, 0.3) is 11.3 Å². The molecule has 1 aromatic heterocycles. The van der Waals surface area contributed by atoms with Gasteiger partial charge in [0.1, 0.15) is 5.69 Å². The van der Waals surface area contributed by atoms with Crippen LogP contribution < -0.4 is 9.86 Å². The van der Waals surface area contributed by atoms with Gasteiger partial charge in [-0.25, -0.2) is 0 Å². The first-order valence-corrected chi connectivity index (χ1v) is 5.36. The number of aromatic amines is 2. The number of nitrogens with one attached hydrogen (secondary N) is 2. The van der Waals surface area contributed by atoms with Crippen molar-refractivity contribution in [2.75, 3.05) is 11.4 Å². The van der Waals surface area contributed by atoms with E-state index >= 15 is 0 Å². The average molecular weight is 219 g/mol. The van der Waals surface area contributed by atoms with Crippen LogP contribution in [0.1, 0.15) is 0 Å². The first-order chi connectivity index (χ1) is 7.27. The van der Waals surface area contributed by atoms with Gasteiger partial charge in [0.25, 0.3) is 5.56 Å². The van der Waals surface area contributed by atoms with E-state index in [-0.39, 0.29) is 5.56 Å². The van der Waals surface area contributed by atoms with E-state index in [9.17, 15) is 4.79 Å². The highest BCUT2D eigenvalue weighted by molar-refractivity contribution is 8.00. The van der Waals surface area contributed by atoms with Gasteiger partial charge in [0.05, 0.1) is 5.69 Å². The van der Waals surface area contributed by atoms with Gasteiger partial charge in [-0.2, -0.15) is 0 Å². The molecule has 0 amide bonds. The number of benzene rings is 1. The fourth-order valence-electron chi connectivity index (χ4n) is 1.79. The van der Waals surface area contributed by atoms with Gasteiger partial charge in [-0.1, -0.05) is 18.2 Å². The van der Waals surface area contributed by atoms with Crippen LogP contribution in [0.5, 0.6) is 0 Å². The summed E-state index contributed by atoms with van der Waals surface area (Å²) in [6.07, 6.45) is 0. The molecule has 3 rings (SSSR count). The van der Waals surface area contributed by atoms with E-state index in [4.69, 9.17) is 0 Å². The Labute approximate surface area is 90.4 Å². The lowest BCUT2D eigenvalue weighted by atomic mass is 10.1. The molecule has 0 fully saturated rings. The number of rotatable bonds is 0. The summed E-state index contributed by atoms with van der Waals surface area (Å²) in [6, 6.07) is 8.03. The lowest BCUT2D eigenvalue weighted by Gasteiger charge is -2.23. The summed E-state index contributed by atoms with van der Waals surface area (Å²) in [5.41, 5.74) is 2.57. The van der Waals surface area contributed by atoms with E-state index in [1.54, 1.807) is 11.9 Å². The second-order valence-electron chi connectivity index (χ2n) is 3.39. The zero-order chi connectivity index (χ0) is 10.4. The summed E-state index contributed by atoms with van der Waals surface area (Å²) in [4.78, 5) is 12.7. The molecule has 0 unspecified atom stereocenters. The van der Waals surface area contributed by atoms with Crippen LogP contribution >= 0.6 is 11.9 Å². The van der Waals surface area contributed by atoms with E-state index < -0.39 is 0 Å². The molecule has 1 aromatic carbocycles. The maximum absolute atomic E-state index is 11.5. The first-order valence-electron chi connectivity index (χ1n) is 4.59. The lowest BCUT2D eigenvalue weighted by molar-refractivity contribution is 1.06. The predicted octanol–water partition coefficient (Wildman–Crippen LogP) is 1.83. The monoisotopic (exact) mass is 219 g/mol. The fraction of sp³-hybridized carbons (Fsp3) is 0.100. The summed E-state index contributed by atoms with van der Waals surface area (Å²) < 4.78 is 1.88. The Morgan fingerprint density at radius 3 is 2.93 bits per heavy atom. The molecule has 1 aliphatic heterocycles. The van der Waals surface area contributed by atoms with Gasteiger partial charge in [-0.05, 0) is 18.0 Å². The van der Waals surface area contributed by atoms with Gasteiger partial charge in [-0.15, -0.1) is 0 Å². The summed E-state index contributed by atoms with van der Waals surface area (Å²) in [6.45, 7) is 0. The molecule has 1 aliphatic rings. The quantitative estimate of drug-likeness (QED) is 0.665. The molecule has 2 N–H and O–H groups in total. The summed E-state index contributed by atoms with van der Waals surface area (Å²) in [5, 5.41) is 5.53. The number of hydrogen-bond donors (Lipinski definition) is 2. The molecular formula is C10H9N3OS. The van der Waals surface area contributed by atoms with Crippen LogP contribution in [0.3, 0.4) is 0 Å². The molecule has 0 spiro atoms. The number of H-pyrrole nitrogens is 2. The smallest absolute Gasteiger partial charge is 0.288 e. The van der Waals surface area contributed by atoms with Crippen molar-refractivity contribution >= 4 is 17.6 Å². The molecule has 2 heterocycles. The Morgan fingerprint density at radius 2 is 2.07 bits per heavy atom. The topological polar surface area (TPSA) is 51.9 Å². The maximum atomic E-state index is 11.5. The van der Waals surface area contributed by atoms with E-state index in [0.717, 1.165) is 16.2 Å². The second kappa shape index (κ2) is 2.93. The largest absolute Gasteiger partial charge is 0.308 e. The molecule has 0 saturated carbocycles. The molecule has 0 saturated heterocycles. The molecule has 5 heteroatoms. The Balaban J connectivity index is 2.35. The van der Waals surface area contributed by atoms with E-state index in [1.165, 1.54) is 0 Å². The predicted molar refractivity (Wildman–Crippen MR) is 61.1 cm³/mol. The minimum absolute atomic E-state index is 0.0745. The number of aromatic nitrogens is 2. The highest BCUT2D eigenvalue weighted by atomic mass is 32.2. The van der Waals surface area contributed by atoms with Gasteiger partial charge in [0, 0.05) is 17.5 Å². The number of anilines is 1. The molecule has 15 heavy (non-hydrogen) atoms. The standard InChI is InChI=1S/C10H9N3OS/c1-13-9-8(11-12-10(9)14)6-4-2-3-5-7(6)15-13/h2-5H,1H3,(H2,11,12,14). The molecule has 0 radical (unpaired) electrons. The van der Waals surface area contributed by atoms with Crippen LogP contribution in [0.15, 0.2) is 34.0 Å². The highest BCUT2D eigenvalue weighted by Gasteiger charge is 2.24. The van der Waals surface area contributed by atoms with Crippen molar-refractivity contribution in [3.05, 3.63) is 34.6 Å². The summed E-state index contributed by atoms with van der Waals surface area (Å²) in [7, 11) is 1.89. The van der Waals surface area contributed by atoms with Gasteiger partial charge in [0.2, 0.25) is 0 Å². The summed E-state index contributed by atoms with van der Waals surface area (Å²) >= 11 is 1.57. The van der Waals surface area contributed by atoms with E-state index in [1.807, 2.05) is 35.6 Å². The normalized spacial score (nSPS) is 13.5. The van der Waals surface area contributed by atoms with E-state index in [0.29, 0.717) is 5.69 Å². The van der Waals surface area contributed by atoms with Crippen LogP contribution in [-0.4, -0.2) is 17.2 Å². The third-order valence-corrected chi connectivity index (χ3v) is 3.47. The fourth-order valence-corrected chi connectivity index (χ4v) is 2.76. The molecule has 2 aromatic rings. The van der Waals surface area contributed by atoms with Crippen molar-refractivity contribution in [3.8, 4) is 11.3 Å². The zero-order valence-electron chi connectivity index (χ0n) is 8.07. The summed E-state index contributed by atoms with van der Waals surface area (Å²) in [5.74, 6) is 0. The zero-order valence-corrected chi connectivity index (χ0v) is 8.89. The van der Waals surface area contributed by atoms with Crippen molar-refractivity contribution in [1.29, 1.82) is 0 Å². The van der Waals surface area contributed by atoms with E-state index in [2.05, 4.69) is 10.2 Å². The van der Waals surface area contributed by atoms with Crippen molar-refractivity contribution in [1.82, 2.24) is 10.2 Å². The molecule has 0 atom stereocenters. The second-order valence-corrected chi connectivity index (χ2v) is 4.56. The number of fused-ring (bicyclic) bond motifs is 3. The number of hydrogen-bond acceptors (Lipinski definition) is 3. The van der Waals surface area contributed by atoms with Gasteiger partial charge >= 0.3 is 0 Å². The Hall–Kier alpha value is -1.62. The Kier molecular flexibility index (Phi) is 1.70. The third kappa shape index (κ3) is 1.13. The number of nitrogens with zero attached hydrogens (tertiary/aromatic N) is 1. The Bertz CT molecular complexity index is 572. The van der Waals surface area contributed by atoms with Gasteiger partial charge < -0.3 is 4.31 Å². The van der Waals surface area contributed by atoms with Gasteiger partial charge in [-0.3, -0.25) is 15.0 Å². The van der Waals surface area contributed by atoms with Crippen LogP contribution in [0.2, 0.25) is 0 Å². The maximum Gasteiger partial charge on any atom is 0.288 e. The van der Waals surface area contributed by atoms with Crippen LogP contribution in [0.4, 0.5) is 5.69 Å². The molecule has 0 bridgehead atoms. The van der Waals surface area contributed by atoms with Crippen LogP contribution in [-0.2, 0) is 0 Å².